The maximum atomic E-state index is 14.5. The smallest absolute Gasteiger partial charge is 0.476 e. The van der Waals surface area contributed by atoms with Crippen molar-refractivity contribution < 1.29 is 36.9 Å². The van der Waals surface area contributed by atoms with Gasteiger partial charge in [0.1, 0.15) is 17.1 Å². The van der Waals surface area contributed by atoms with Crippen molar-refractivity contribution in [3.63, 3.8) is 0 Å². The molecule has 29 heavy (non-hydrogen) atoms. The maximum absolute atomic E-state index is 14.5. The number of carbonyl (C=O) groups is 1. The van der Waals surface area contributed by atoms with Crippen LogP contribution in [0.2, 0.25) is 0 Å². The number of aromatic nitrogens is 3. The van der Waals surface area contributed by atoms with Gasteiger partial charge in [-0.15, -0.1) is 18.3 Å². The van der Waals surface area contributed by atoms with Gasteiger partial charge in [-0.1, -0.05) is 35.3 Å². The third-order valence-corrected chi connectivity index (χ3v) is 3.30. The molecule has 148 valence electrons. The first kappa shape index (κ1) is 19.7. The molecule has 2 N–H and O–H groups in total. The molecule has 11 heteroatoms. The number of aromatic amines is 1. The van der Waals surface area contributed by atoms with Crippen LogP contribution in [0.3, 0.4) is 0 Å². The predicted octanol–water partition coefficient (Wildman–Crippen LogP) is 3.73. The van der Waals surface area contributed by atoms with Gasteiger partial charge >= 0.3 is 12.3 Å². The molecule has 0 aliphatic rings. The van der Waals surface area contributed by atoms with Crippen LogP contribution in [0.4, 0.5) is 17.6 Å². The Labute approximate surface area is 159 Å². The van der Waals surface area contributed by atoms with Crippen molar-refractivity contribution in [3.05, 3.63) is 65.1 Å². The van der Waals surface area contributed by atoms with E-state index in [1.807, 2.05) is 0 Å². The first-order valence-electron chi connectivity index (χ1n) is 7.71. The molecule has 3 aromatic rings. The Morgan fingerprint density at radius 2 is 1.86 bits per heavy atom. The van der Waals surface area contributed by atoms with Crippen molar-refractivity contribution in [2.24, 2.45) is 0 Å². The Morgan fingerprint density at radius 1 is 1.14 bits per heavy atom. The highest BCUT2D eigenvalue weighted by atomic mass is 19.4. The molecular weight excluding hydrogens is 398 g/mol. The van der Waals surface area contributed by atoms with E-state index in [0.29, 0.717) is 5.56 Å². The van der Waals surface area contributed by atoms with Crippen LogP contribution in [0.15, 0.2) is 42.5 Å². The zero-order chi connectivity index (χ0) is 21.0. The van der Waals surface area contributed by atoms with E-state index < -0.39 is 46.8 Å². The minimum Gasteiger partial charge on any atom is -0.476 e. The second-order valence-electron chi connectivity index (χ2n) is 5.34. The fourth-order valence-electron chi connectivity index (χ4n) is 2.15. The summed E-state index contributed by atoms with van der Waals surface area (Å²) in [5.41, 5.74) is -0.851. The van der Waals surface area contributed by atoms with E-state index >= 15 is 0 Å². The Kier molecular flexibility index (Phi) is 5.36. The van der Waals surface area contributed by atoms with Crippen LogP contribution >= 0.6 is 0 Å². The third kappa shape index (κ3) is 5.01. The number of halogens is 4. The summed E-state index contributed by atoms with van der Waals surface area (Å²) in [5.74, 6) is 0.214. The van der Waals surface area contributed by atoms with Crippen molar-refractivity contribution >= 4 is 5.97 Å². The van der Waals surface area contributed by atoms with Gasteiger partial charge in [0.05, 0.1) is 0 Å². The van der Waals surface area contributed by atoms with Gasteiger partial charge in [-0.25, -0.2) is 14.3 Å². The van der Waals surface area contributed by atoms with E-state index in [4.69, 9.17) is 9.84 Å². The van der Waals surface area contributed by atoms with Crippen LogP contribution in [0.1, 0.15) is 21.6 Å². The number of hydrogen-bond acceptors (Lipinski definition) is 5. The highest BCUT2D eigenvalue weighted by Gasteiger charge is 2.33. The van der Waals surface area contributed by atoms with Crippen molar-refractivity contribution in [2.75, 3.05) is 0 Å². The molecule has 0 saturated carbocycles. The number of benzene rings is 2. The fourth-order valence-corrected chi connectivity index (χ4v) is 2.15. The Morgan fingerprint density at radius 3 is 2.52 bits per heavy atom. The summed E-state index contributed by atoms with van der Waals surface area (Å²) in [4.78, 5) is 11.0. The quantitative estimate of drug-likeness (QED) is 0.505. The average molecular weight is 407 g/mol. The summed E-state index contributed by atoms with van der Waals surface area (Å²) in [6.07, 6.45) is -5.13. The summed E-state index contributed by atoms with van der Waals surface area (Å²) >= 11 is 0. The molecule has 0 bridgehead atoms. The van der Waals surface area contributed by atoms with E-state index in [-0.39, 0.29) is 0 Å². The molecule has 0 radical (unpaired) electrons. The number of alkyl halides is 3. The number of H-pyrrole nitrogens is 1. The van der Waals surface area contributed by atoms with Crippen molar-refractivity contribution in [2.45, 2.75) is 6.36 Å². The van der Waals surface area contributed by atoms with Gasteiger partial charge in [-0.05, 0) is 12.1 Å². The van der Waals surface area contributed by atoms with Crippen molar-refractivity contribution in [1.82, 2.24) is 15.4 Å². The SMILES string of the molecule is O=C(O)c1nn[nH]c1Oc1cc(F)c(C#Cc2ccccc2)c(OC(F)(F)F)c1. The number of carboxylic acids is 1. The summed E-state index contributed by atoms with van der Waals surface area (Å²) in [6, 6.07) is 9.65. The number of hydrogen-bond donors (Lipinski definition) is 2. The highest BCUT2D eigenvalue weighted by molar-refractivity contribution is 5.87. The monoisotopic (exact) mass is 407 g/mol. The van der Waals surface area contributed by atoms with Gasteiger partial charge in [-0.2, -0.15) is 0 Å². The fraction of sp³-hybridized carbons (Fsp3) is 0.0556. The van der Waals surface area contributed by atoms with Crippen LogP contribution in [0.5, 0.6) is 17.4 Å². The van der Waals surface area contributed by atoms with E-state index in [9.17, 15) is 22.4 Å². The van der Waals surface area contributed by atoms with Crippen LogP contribution < -0.4 is 9.47 Å². The van der Waals surface area contributed by atoms with Gasteiger partial charge in [0, 0.05) is 17.7 Å². The molecule has 3 rings (SSSR count). The lowest BCUT2D eigenvalue weighted by molar-refractivity contribution is -0.274. The lowest BCUT2D eigenvalue weighted by Gasteiger charge is -2.13. The summed E-state index contributed by atoms with van der Waals surface area (Å²) in [6.45, 7) is 0. The molecule has 2 aromatic carbocycles. The predicted molar refractivity (Wildman–Crippen MR) is 88.9 cm³/mol. The van der Waals surface area contributed by atoms with Crippen molar-refractivity contribution in [1.29, 1.82) is 0 Å². The Balaban J connectivity index is 2.02. The topological polar surface area (TPSA) is 97.3 Å². The molecule has 0 fully saturated rings. The van der Waals surface area contributed by atoms with Gasteiger partial charge in [0.2, 0.25) is 5.69 Å². The number of carboxylic acid groups (broad SMARTS) is 1. The number of rotatable bonds is 4. The van der Waals surface area contributed by atoms with Crippen LogP contribution in [-0.4, -0.2) is 32.8 Å². The molecule has 0 amide bonds. The number of ether oxygens (including phenoxy) is 2. The second-order valence-corrected chi connectivity index (χ2v) is 5.34. The number of nitrogens with zero attached hydrogens (tertiary/aromatic N) is 2. The first-order valence-corrected chi connectivity index (χ1v) is 7.71. The molecule has 0 spiro atoms. The summed E-state index contributed by atoms with van der Waals surface area (Å²) in [5, 5.41) is 17.5. The minimum absolute atomic E-state index is 0.444. The number of aromatic carboxylic acids is 1. The first-order chi connectivity index (χ1) is 13.7. The zero-order valence-electron chi connectivity index (χ0n) is 14.1. The summed E-state index contributed by atoms with van der Waals surface area (Å²) < 4.78 is 61.7. The van der Waals surface area contributed by atoms with Crippen LogP contribution in [0.25, 0.3) is 0 Å². The van der Waals surface area contributed by atoms with E-state index in [1.165, 1.54) is 0 Å². The Hall–Kier alpha value is -4.07. The van der Waals surface area contributed by atoms with Crippen LogP contribution in [0, 0.1) is 17.7 Å². The van der Waals surface area contributed by atoms with Crippen LogP contribution in [-0.2, 0) is 0 Å². The average Bonchev–Trinajstić information content (AvgIpc) is 3.09. The third-order valence-electron chi connectivity index (χ3n) is 3.30. The van der Waals surface area contributed by atoms with Gasteiger partial charge < -0.3 is 14.6 Å². The number of nitrogens with one attached hydrogen (secondary N) is 1. The molecule has 0 unspecified atom stereocenters. The maximum Gasteiger partial charge on any atom is 0.573 e. The van der Waals surface area contributed by atoms with Gasteiger partial charge in [-0.3, -0.25) is 0 Å². The summed E-state index contributed by atoms with van der Waals surface area (Å²) in [7, 11) is 0. The normalized spacial score (nSPS) is 10.8. The molecular formula is C18H9F4N3O4. The lowest BCUT2D eigenvalue weighted by Crippen LogP contribution is -2.18. The molecule has 1 aromatic heterocycles. The van der Waals surface area contributed by atoms with Gasteiger partial charge in [0.15, 0.2) is 5.75 Å². The molecule has 0 saturated heterocycles. The minimum atomic E-state index is -5.13. The molecule has 0 aliphatic heterocycles. The van der Waals surface area contributed by atoms with E-state index in [2.05, 4.69) is 32.0 Å². The molecule has 0 atom stereocenters. The largest absolute Gasteiger partial charge is 0.573 e. The zero-order valence-corrected chi connectivity index (χ0v) is 14.1. The van der Waals surface area contributed by atoms with E-state index in [0.717, 1.165) is 12.1 Å². The van der Waals surface area contributed by atoms with E-state index in [1.54, 1.807) is 30.3 Å². The molecule has 7 nitrogen and oxygen atoms in total. The molecule has 1 heterocycles. The Bertz CT molecular complexity index is 1100. The molecule has 0 aliphatic carbocycles. The lowest BCUT2D eigenvalue weighted by atomic mass is 10.1. The van der Waals surface area contributed by atoms with Crippen molar-refractivity contribution in [3.8, 4) is 29.2 Å². The van der Waals surface area contributed by atoms with Gasteiger partial charge in [0.25, 0.3) is 5.88 Å². The highest BCUT2D eigenvalue weighted by Crippen LogP contribution is 2.34. The second kappa shape index (κ2) is 7.89. The standard InChI is InChI=1S/C18H9F4N3O4/c19-13-8-11(28-16-15(17(26)27)23-25-24-16)9-14(29-18(20,21)22)12(13)7-6-10-4-2-1-3-5-10/h1-5,8-9H,(H,26,27)(H,23,24,25).